The topological polar surface area (TPSA) is 61.4 Å². The van der Waals surface area contributed by atoms with Gasteiger partial charge in [0.05, 0.1) is 5.69 Å². The van der Waals surface area contributed by atoms with Crippen molar-refractivity contribution in [2.24, 2.45) is 0 Å². The highest BCUT2D eigenvalue weighted by atomic mass is 16.2. The Morgan fingerprint density at radius 3 is 2.28 bits per heavy atom. The summed E-state index contributed by atoms with van der Waals surface area (Å²) in [5, 5.41) is 11.8. The molecule has 0 bridgehead atoms. The van der Waals surface area contributed by atoms with E-state index in [0.717, 1.165) is 41.4 Å². The molecule has 4 rings (SSSR count). The molecule has 0 unspecified atom stereocenters. The minimum Gasteiger partial charge on any atom is -0.352 e. The van der Waals surface area contributed by atoms with E-state index in [1.54, 1.807) is 0 Å². The van der Waals surface area contributed by atoms with Crippen molar-refractivity contribution in [2.45, 2.75) is 13.8 Å². The largest absolute Gasteiger partial charge is 0.352 e. The first kappa shape index (κ1) is 18.9. The molecule has 6 heteroatoms. The number of carbonyl (C=O) groups excluding carboxylic acids is 1. The van der Waals surface area contributed by atoms with Gasteiger partial charge in [0.1, 0.15) is 0 Å². The minimum atomic E-state index is -0.0592. The van der Waals surface area contributed by atoms with E-state index in [9.17, 15) is 4.79 Å². The lowest BCUT2D eigenvalue weighted by molar-refractivity contribution is 0.208. The van der Waals surface area contributed by atoms with Crippen molar-refractivity contribution < 1.29 is 4.79 Å². The first-order chi connectivity index (χ1) is 14.1. The van der Waals surface area contributed by atoms with Crippen molar-refractivity contribution in [3.63, 3.8) is 0 Å². The summed E-state index contributed by atoms with van der Waals surface area (Å²) in [6.45, 7) is 6.86. The molecule has 0 saturated carbocycles. The van der Waals surface area contributed by atoms with E-state index in [1.807, 2.05) is 48.2 Å². The lowest BCUT2D eigenvalue weighted by Crippen LogP contribution is -2.50. The smallest absolute Gasteiger partial charge is 0.321 e. The number of hydrogen-bond acceptors (Lipinski definition) is 4. The second-order valence-electron chi connectivity index (χ2n) is 7.42. The van der Waals surface area contributed by atoms with Gasteiger partial charge in [0.15, 0.2) is 5.82 Å². The maximum absolute atomic E-state index is 12.5. The fraction of sp³-hybridized carbons (Fsp3) is 0.261. The molecule has 1 saturated heterocycles. The summed E-state index contributed by atoms with van der Waals surface area (Å²) < 4.78 is 0. The summed E-state index contributed by atoms with van der Waals surface area (Å²) in [5.41, 5.74) is 5.11. The summed E-state index contributed by atoms with van der Waals surface area (Å²) in [7, 11) is 0. The summed E-state index contributed by atoms with van der Waals surface area (Å²) in [4.78, 5) is 16.5. The van der Waals surface area contributed by atoms with Crippen molar-refractivity contribution in [3.8, 4) is 11.3 Å². The molecular weight excluding hydrogens is 362 g/mol. The van der Waals surface area contributed by atoms with E-state index in [0.29, 0.717) is 13.1 Å². The van der Waals surface area contributed by atoms with Gasteiger partial charge in [0.2, 0.25) is 0 Å². The van der Waals surface area contributed by atoms with Crippen molar-refractivity contribution in [2.75, 3.05) is 36.4 Å². The first-order valence-corrected chi connectivity index (χ1v) is 9.87. The Bertz CT molecular complexity index is 977. The van der Waals surface area contributed by atoms with Crippen molar-refractivity contribution in [1.29, 1.82) is 0 Å². The van der Waals surface area contributed by atoms with Crippen LogP contribution in [0, 0.1) is 13.8 Å². The molecule has 0 atom stereocenters. The standard InChI is InChI=1S/C23H25N5O/c1-17-6-8-19(9-7-17)21-10-11-22(26-25-21)27-12-14-28(15-13-27)23(29)24-20-5-3-4-18(2)16-20/h3-11,16H,12-15H2,1-2H3,(H,24,29). The molecule has 2 aromatic carbocycles. The number of anilines is 2. The predicted molar refractivity (Wildman–Crippen MR) is 116 cm³/mol. The fourth-order valence-corrected chi connectivity index (χ4v) is 3.44. The van der Waals surface area contributed by atoms with Crippen LogP contribution in [-0.2, 0) is 0 Å². The normalized spacial score (nSPS) is 14.0. The zero-order chi connectivity index (χ0) is 20.2. The molecule has 3 aromatic rings. The molecule has 0 aliphatic carbocycles. The Labute approximate surface area is 171 Å². The van der Waals surface area contributed by atoms with Gasteiger partial charge >= 0.3 is 6.03 Å². The van der Waals surface area contributed by atoms with Gasteiger partial charge in [0.25, 0.3) is 0 Å². The summed E-state index contributed by atoms with van der Waals surface area (Å²) in [6, 6.07) is 20.1. The summed E-state index contributed by atoms with van der Waals surface area (Å²) >= 11 is 0. The molecule has 1 aliphatic heterocycles. The van der Waals surface area contributed by atoms with Crippen LogP contribution < -0.4 is 10.2 Å². The number of aryl methyl sites for hydroxylation is 2. The maximum atomic E-state index is 12.5. The van der Waals surface area contributed by atoms with Gasteiger partial charge in [-0.15, -0.1) is 10.2 Å². The van der Waals surface area contributed by atoms with Gasteiger partial charge in [-0.2, -0.15) is 0 Å². The minimum absolute atomic E-state index is 0.0592. The number of urea groups is 1. The van der Waals surface area contributed by atoms with Crippen LogP contribution in [0.25, 0.3) is 11.3 Å². The third-order valence-electron chi connectivity index (χ3n) is 5.16. The molecule has 1 aromatic heterocycles. The number of hydrogen-bond donors (Lipinski definition) is 1. The van der Waals surface area contributed by atoms with Crippen LogP contribution in [0.3, 0.4) is 0 Å². The van der Waals surface area contributed by atoms with Crippen LogP contribution in [0.2, 0.25) is 0 Å². The second-order valence-corrected chi connectivity index (χ2v) is 7.42. The predicted octanol–water partition coefficient (Wildman–Crippen LogP) is 4.11. The van der Waals surface area contributed by atoms with Gasteiger partial charge in [-0.25, -0.2) is 4.79 Å². The van der Waals surface area contributed by atoms with E-state index < -0.39 is 0 Å². The maximum Gasteiger partial charge on any atom is 0.321 e. The first-order valence-electron chi connectivity index (χ1n) is 9.87. The van der Waals surface area contributed by atoms with Gasteiger partial charge < -0.3 is 15.1 Å². The quantitative estimate of drug-likeness (QED) is 0.735. The van der Waals surface area contributed by atoms with E-state index >= 15 is 0 Å². The molecule has 1 N–H and O–H groups in total. The molecule has 148 valence electrons. The second kappa shape index (κ2) is 8.31. The van der Waals surface area contributed by atoms with Crippen LogP contribution in [0.15, 0.2) is 60.7 Å². The molecule has 0 spiro atoms. The average Bonchev–Trinajstić information content (AvgIpc) is 2.75. The number of aromatic nitrogens is 2. The highest BCUT2D eigenvalue weighted by molar-refractivity contribution is 5.89. The zero-order valence-corrected chi connectivity index (χ0v) is 16.8. The Balaban J connectivity index is 1.34. The fourth-order valence-electron chi connectivity index (χ4n) is 3.44. The van der Waals surface area contributed by atoms with E-state index in [2.05, 4.69) is 51.6 Å². The Morgan fingerprint density at radius 2 is 1.62 bits per heavy atom. The highest BCUT2D eigenvalue weighted by Crippen LogP contribution is 2.20. The van der Waals surface area contributed by atoms with Crippen molar-refractivity contribution >= 4 is 17.5 Å². The van der Waals surface area contributed by atoms with E-state index in [1.165, 1.54) is 5.56 Å². The SMILES string of the molecule is Cc1ccc(-c2ccc(N3CCN(C(=O)Nc4cccc(C)c4)CC3)nn2)cc1. The summed E-state index contributed by atoms with van der Waals surface area (Å²) in [5.74, 6) is 0.847. The van der Waals surface area contributed by atoms with Gasteiger partial charge in [-0.05, 0) is 43.7 Å². The molecular formula is C23H25N5O. The van der Waals surface area contributed by atoms with Gasteiger partial charge in [0, 0.05) is 37.4 Å². The number of benzene rings is 2. The molecule has 2 amide bonds. The summed E-state index contributed by atoms with van der Waals surface area (Å²) in [6.07, 6.45) is 0. The Kier molecular flexibility index (Phi) is 5.42. The lowest BCUT2D eigenvalue weighted by atomic mass is 10.1. The van der Waals surface area contributed by atoms with Gasteiger partial charge in [-0.1, -0.05) is 42.0 Å². The number of rotatable bonds is 3. The van der Waals surface area contributed by atoms with E-state index in [4.69, 9.17) is 0 Å². The monoisotopic (exact) mass is 387 g/mol. The van der Waals surface area contributed by atoms with Crippen LogP contribution in [0.4, 0.5) is 16.3 Å². The van der Waals surface area contributed by atoms with Crippen LogP contribution >= 0.6 is 0 Å². The molecule has 1 aliphatic rings. The van der Waals surface area contributed by atoms with Crippen LogP contribution in [0.5, 0.6) is 0 Å². The molecule has 0 radical (unpaired) electrons. The van der Waals surface area contributed by atoms with Gasteiger partial charge in [-0.3, -0.25) is 0 Å². The van der Waals surface area contributed by atoms with E-state index in [-0.39, 0.29) is 6.03 Å². The molecule has 2 heterocycles. The number of piperazine rings is 1. The molecule has 1 fully saturated rings. The molecule has 29 heavy (non-hydrogen) atoms. The molecule has 6 nitrogen and oxygen atoms in total. The Hall–Kier alpha value is -3.41. The third kappa shape index (κ3) is 4.54. The average molecular weight is 387 g/mol. The highest BCUT2D eigenvalue weighted by Gasteiger charge is 2.22. The number of nitrogens with one attached hydrogen (secondary N) is 1. The van der Waals surface area contributed by atoms with Crippen molar-refractivity contribution in [1.82, 2.24) is 15.1 Å². The van der Waals surface area contributed by atoms with Crippen LogP contribution in [0.1, 0.15) is 11.1 Å². The Morgan fingerprint density at radius 1 is 0.862 bits per heavy atom. The number of nitrogens with zero attached hydrogens (tertiary/aromatic N) is 4. The van der Waals surface area contributed by atoms with Crippen molar-refractivity contribution in [3.05, 3.63) is 71.8 Å². The number of amides is 2. The third-order valence-corrected chi connectivity index (χ3v) is 5.16. The lowest BCUT2D eigenvalue weighted by Gasteiger charge is -2.35. The number of carbonyl (C=O) groups is 1. The van der Waals surface area contributed by atoms with Crippen LogP contribution in [-0.4, -0.2) is 47.3 Å². The zero-order valence-electron chi connectivity index (χ0n) is 16.8.